The van der Waals surface area contributed by atoms with Crippen LogP contribution < -0.4 is 4.72 Å². The molecule has 0 aliphatic carbocycles. The summed E-state index contributed by atoms with van der Waals surface area (Å²) in [5.41, 5.74) is 0. The van der Waals surface area contributed by atoms with E-state index in [0.717, 1.165) is 6.26 Å². The van der Waals surface area contributed by atoms with Crippen molar-refractivity contribution in [1.29, 1.82) is 0 Å². The predicted octanol–water partition coefficient (Wildman–Crippen LogP) is 1.28. The van der Waals surface area contributed by atoms with Gasteiger partial charge in [-0.15, -0.1) is 0 Å². The van der Waals surface area contributed by atoms with Gasteiger partial charge in [0.05, 0.1) is 18.6 Å². The van der Waals surface area contributed by atoms with E-state index in [-0.39, 0.29) is 6.04 Å². The lowest BCUT2D eigenvalue weighted by molar-refractivity contribution is 0.438. The maximum absolute atomic E-state index is 10.9. The molecule has 0 unspecified atom stereocenters. The summed E-state index contributed by atoms with van der Waals surface area (Å²) < 4.78 is 29.5. The summed E-state index contributed by atoms with van der Waals surface area (Å²) in [6.07, 6.45) is 3.33. The molecule has 1 aromatic rings. The SMILES string of the molecule is CC[C@H](NS(C)(=O)=O)c1ccco1. The minimum absolute atomic E-state index is 0.259. The van der Waals surface area contributed by atoms with Crippen molar-refractivity contribution in [2.45, 2.75) is 19.4 Å². The first kappa shape index (κ1) is 10.3. The van der Waals surface area contributed by atoms with Gasteiger partial charge in [0.25, 0.3) is 0 Å². The van der Waals surface area contributed by atoms with E-state index in [4.69, 9.17) is 4.42 Å². The van der Waals surface area contributed by atoms with Crippen LogP contribution in [0.3, 0.4) is 0 Å². The number of rotatable bonds is 4. The van der Waals surface area contributed by atoms with Crippen LogP contribution in [0.1, 0.15) is 25.1 Å². The molecule has 1 heterocycles. The first-order valence-electron chi connectivity index (χ1n) is 4.03. The predicted molar refractivity (Wildman–Crippen MR) is 49.7 cm³/mol. The molecule has 1 N–H and O–H groups in total. The van der Waals surface area contributed by atoms with Crippen molar-refractivity contribution in [3.8, 4) is 0 Å². The Hall–Kier alpha value is -0.810. The van der Waals surface area contributed by atoms with Crippen LogP contribution in [0.4, 0.5) is 0 Å². The zero-order chi connectivity index (χ0) is 9.90. The Bertz CT molecular complexity index is 341. The van der Waals surface area contributed by atoms with Gasteiger partial charge in [-0.25, -0.2) is 13.1 Å². The normalized spacial score (nSPS) is 14.3. The zero-order valence-corrected chi connectivity index (χ0v) is 8.47. The topological polar surface area (TPSA) is 59.3 Å². The monoisotopic (exact) mass is 203 g/mol. The summed E-state index contributed by atoms with van der Waals surface area (Å²) in [6.45, 7) is 1.89. The van der Waals surface area contributed by atoms with Crippen LogP contribution in [-0.4, -0.2) is 14.7 Å². The van der Waals surface area contributed by atoms with E-state index in [0.29, 0.717) is 12.2 Å². The largest absolute Gasteiger partial charge is 0.468 e. The molecule has 0 aliphatic rings. The molecule has 13 heavy (non-hydrogen) atoms. The summed E-state index contributed by atoms with van der Waals surface area (Å²) in [6, 6.07) is 3.24. The van der Waals surface area contributed by atoms with E-state index in [9.17, 15) is 8.42 Å². The van der Waals surface area contributed by atoms with Crippen LogP contribution in [0.15, 0.2) is 22.8 Å². The molecule has 0 saturated heterocycles. The number of furan rings is 1. The molecule has 0 aliphatic heterocycles. The van der Waals surface area contributed by atoms with Gasteiger partial charge in [-0.3, -0.25) is 0 Å². The van der Waals surface area contributed by atoms with Gasteiger partial charge < -0.3 is 4.42 Å². The average Bonchev–Trinajstić information content (AvgIpc) is 2.50. The fraction of sp³-hybridized carbons (Fsp3) is 0.500. The zero-order valence-electron chi connectivity index (χ0n) is 7.65. The summed E-state index contributed by atoms with van der Waals surface area (Å²) in [4.78, 5) is 0. The molecule has 0 radical (unpaired) electrons. The Kier molecular flexibility index (Phi) is 3.11. The van der Waals surface area contributed by atoms with Crippen LogP contribution in [0.2, 0.25) is 0 Å². The number of hydrogen-bond donors (Lipinski definition) is 1. The highest BCUT2D eigenvalue weighted by molar-refractivity contribution is 7.88. The van der Waals surface area contributed by atoms with Gasteiger partial charge in [0, 0.05) is 0 Å². The summed E-state index contributed by atoms with van der Waals surface area (Å²) in [7, 11) is -3.17. The third kappa shape index (κ3) is 3.20. The fourth-order valence-corrected chi connectivity index (χ4v) is 1.89. The maximum atomic E-state index is 10.9. The molecule has 1 atom stereocenters. The van der Waals surface area contributed by atoms with E-state index in [1.807, 2.05) is 6.92 Å². The molecule has 0 saturated carbocycles. The fourth-order valence-electron chi connectivity index (χ4n) is 1.09. The van der Waals surface area contributed by atoms with Crippen molar-refractivity contribution >= 4 is 10.0 Å². The van der Waals surface area contributed by atoms with E-state index in [1.165, 1.54) is 6.26 Å². The van der Waals surface area contributed by atoms with E-state index in [2.05, 4.69) is 4.72 Å². The molecule has 0 bridgehead atoms. The van der Waals surface area contributed by atoms with Crippen molar-refractivity contribution < 1.29 is 12.8 Å². The average molecular weight is 203 g/mol. The van der Waals surface area contributed by atoms with Crippen molar-refractivity contribution in [1.82, 2.24) is 4.72 Å². The second-order valence-corrected chi connectivity index (χ2v) is 4.65. The number of hydrogen-bond acceptors (Lipinski definition) is 3. The van der Waals surface area contributed by atoms with E-state index < -0.39 is 10.0 Å². The minimum Gasteiger partial charge on any atom is -0.468 e. The lowest BCUT2D eigenvalue weighted by atomic mass is 10.2. The van der Waals surface area contributed by atoms with Crippen molar-refractivity contribution in [3.63, 3.8) is 0 Å². The maximum Gasteiger partial charge on any atom is 0.209 e. The Morgan fingerprint density at radius 3 is 2.69 bits per heavy atom. The van der Waals surface area contributed by atoms with Gasteiger partial charge in [0.2, 0.25) is 10.0 Å². The molecule has 0 aromatic carbocycles. The summed E-state index contributed by atoms with van der Waals surface area (Å²) in [5, 5.41) is 0. The van der Waals surface area contributed by atoms with Crippen LogP contribution in [0.25, 0.3) is 0 Å². The highest BCUT2D eigenvalue weighted by atomic mass is 32.2. The van der Waals surface area contributed by atoms with Gasteiger partial charge in [0.15, 0.2) is 0 Å². The molecule has 4 nitrogen and oxygen atoms in total. The number of sulfonamides is 1. The molecule has 1 rings (SSSR count). The first-order valence-corrected chi connectivity index (χ1v) is 5.92. The van der Waals surface area contributed by atoms with Gasteiger partial charge in [-0.1, -0.05) is 6.92 Å². The molecule has 0 spiro atoms. The van der Waals surface area contributed by atoms with E-state index >= 15 is 0 Å². The second kappa shape index (κ2) is 3.93. The lowest BCUT2D eigenvalue weighted by Crippen LogP contribution is -2.26. The Balaban J connectivity index is 2.76. The standard InChI is InChI=1S/C8H13NO3S/c1-3-7(9-13(2,10)11)8-5-4-6-12-8/h4-7,9H,3H2,1-2H3/t7-/m0/s1. The minimum atomic E-state index is -3.17. The highest BCUT2D eigenvalue weighted by Crippen LogP contribution is 2.17. The van der Waals surface area contributed by atoms with Crippen LogP contribution in [0.5, 0.6) is 0 Å². The Labute approximate surface area is 78.0 Å². The van der Waals surface area contributed by atoms with Gasteiger partial charge in [-0.2, -0.15) is 0 Å². The van der Waals surface area contributed by atoms with Gasteiger partial charge in [0.1, 0.15) is 5.76 Å². The molecular weight excluding hydrogens is 190 g/mol. The van der Waals surface area contributed by atoms with Crippen LogP contribution in [0, 0.1) is 0 Å². The Morgan fingerprint density at radius 2 is 2.31 bits per heavy atom. The first-order chi connectivity index (χ1) is 6.03. The molecule has 1 aromatic heterocycles. The quantitative estimate of drug-likeness (QED) is 0.801. The van der Waals surface area contributed by atoms with E-state index in [1.54, 1.807) is 12.1 Å². The lowest BCUT2D eigenvalue weighted by Gasteiger charge is -2.11. The molecule has 0 amide bonds. The Morgan fingerprint density at radius 1 is 1.62 bits per heavy atom. The third-order valence-corrected chi connectivity index (χ3v) is 2.36. The number of nitrogens with one attached hydrogen (secondary N) is 1. The highest BCUT2D eigenvalue weighted by Gasteiger charge is 2.15. The second-order valence-electron chi connectivity index (χ2n) is 2.87. The van der Waals surface area contributed by atoms with Crippen LogP contribution in [-0.2, 0) is 10.0 Å². The molecule has 74 valence electrons. The van der Waals surface area contributed by atoms with Crippen molar-refractivity contribution in [2.24, 2.45) is 0 Å². The van der Waals surface area contributed by atoms with Crippen molar-refractivity contribution in [2.75, 3.05) is 6.26 Å². The molecule has 5 heteroatoms. The molecular formula is C8H13NO3S. The van der Waals surface area contributed by atoms with Gasteiger partial charge in [-0.05, 0) is 18.6 Å². The van der Waals surface area contributed by atoms with Crippen LogP contribution >= 0.6 is 0 Å². The van der Waals surface area contributed by atoms with Gasteiger partial charge >= 0.3 is 0 Å². The van der Waals surface area contributed by atoms with Crippen molar-refractivity contribution in [3.05, 3.63) is 24.2 Å². The summed E-state index contributed by atoms with van der Waals surface area (Å²) in [5.74, 6) is 0.646. The smallest absolute Gasteiger partial charge is 0.209 e. The third-order valence-electron chi connectivity index (χ3n) is 1.65. The summed E-state index contributed by atoms with van der Waals surface area (Å²) >= 11 is 0. The molecule has 0 fully saturated rings.